The Balaban J connectivity index is 1.32. The monoisotopic (exact) mass is 346 g/mol. The van der Waals surface area contributed by atoms with Gasteiger partial charge in [-0.05, 0) is 44.8 Å². The van der Waals surface area contributed by atoms with Crippen LogP contribution in [0.25, 0.3) is 0 Å². The lowest BCUT2D eigenvalue weighted by molar-refractivity contribution is 0.198. The minimum absolute atomic E-state index is 0.293. The normalized spacial score (nSPS) is 18.6. The van der Waals surface area contributed by atoms with E-state index in [-0.39, 0.29) is 0 Å². The molecule has 0 saturated carbocycles. The molecule has 0 atom stereocenters. The Morgan fingerprint density at radius 3 is 2.84 bits per heavy atom. The van der Waals surface area contributed by atoms with Gasteiger partial charge < -0.3 is 15.8 Å². The van der Waals surface area contributed by atoms with Gasteiger partial charge in [0.25, 0.3) is 0 Å². The zero-order valence-electron chi connectivity index (χ0n) is 15.2. The molecule has 1 aromatic heterocycles. The summed E-state index contributed by atoms with van der Waals surface area (Å²) in [5, 5.41) is 7.24. The van der Waals surface area contributed by atoms with Crippen molar-refractivity contribution in [1.82, 2.24) is 19.7 Å². The quantitative estimate of drug-likeness (QED) is 0.555. The number of allylic oxidation sites excluding steroid dienone is 3. The Morgan fingerprint density at radius 2 is 2.08 bits per heavy atom. The Bertz CT molecular complexity index is 615. The standard InChI is InChI=1S/C18H30N6O/c1-23-18(21-17(19)22-23)20-9-6-12-25-16-8-5-7-15(13-16)14-24-10-3-2-4-11-24/h7-8H,2-6,9-14H2,1H3,(H3,19,20,21,22). The van der Waals surface area contributed by atoms with Crippen LogP contribution < -0.4 is 11.1 Å². The third-order valence-corrected chi connectivity index (χ3v) is 4.70. The number of nitrogens with zero attached hydrogens (tertiary/aromatic N) is 4. The molecule has 0 spiro atoms. The van der Waals surface area contributed by atoms with Gasteiger partial charge in [-0.3, -0.25) is 4.90 Å². The second kappa shape index (κ2) is 8.89. The van der Waals surface area contributed by atoms with Crippen LogP contribution in [0.2, 0.25) is 0 Å². The summed E-state index contributed by atoms with van der Waals surface area (Å²) in [6, 6.07) is 0. The highest BCUT2D eigenvalue weighted by Crippen LogP contribution is 2.22. The molecule has 138 valence electrons. The molecule has 0 bridgehead atoms. The van der Waals surface area contributed by atoms with Crippen LogP contribution in [0.4, 0.5) is 11.9 Å². The average Bonchev–Trinajstić information content (AvgIpc) is 2.93. The van der Waals surface area contributed by atoms with Crippen molar-refractivity contribution in [1.29, 1.82) is 0 Å². The first-order chi connectivity index (χ1) is 12.2. The molecule has 0 aromatic carbocycles. The van der Waals surface area contributed by atoms with Crippen LogP contribution in [0.1, 0.15) is 38.5 Å². The fourth-order valence-corrected chi connectivity index (χ4v) is 3.39. The third kappa shape index (κ3) is 5.49. The summed E-state index contributed by atoms with van der Waals surface area (Å²) in [6.07, 6.45) is 11.5. The van der Waals surface area contributed by atoms with E-state index in [1.807, 2.05) is 7.05 Å². The van der Waals surface area contributed by atoms with Crippen LogP contribution >= 0.6 is 0 Å². The Hall–Kier alpha value is -2.02. The first-order valence-electron chi connectivity index (χ1n) is 9.33. The summed E-state index contributed by atoms with van der Waals surface area (Å²) in [4.78, 5) is 6.70. The molecule has 1 fully saturated rings. The van der Waals surface area contributed by atoms with Gasteiger partial charge in [0, 0.05) is 26.6 Å². The third-order valence-electron chi connectivity index (χ3n) is 4.70. The maximum Gasteiger partial charge on any atom is 0.241 e. The zero-order chi connectivity index (χ0) is 17.5. The van der Waals surface area contributed by atoms with Crippen LogP contribution in [0, 0.1) is 0 Å². The van der Waals surface area contributed by atoms with Crippen molar-refractivity contribution < 1.29 is 4.74 Å². The number of likely N-dealkylation sites (tertiary alicyclic amines) is 1. The molecule has 3 N–H and O–H groups in total. The SMILES string of the molecule is Cn1nc(N)nc1NCCCOC1=CCC=C(CN2CCCCC2)C1. The van der Waals surface area contributed by atoms with E-state index in [1.54, 1.807) is 4.68 Å². The van der Waals surface area contributed by atoms with Crippen molar-refractivity contribution in [3.05, 3.63) is 23.5 Å². The molecule has 1 aliphatic heterocycles. The first-order valence-corrected chi connectivity index (χ1v) is 9.33. The van der Waals surface area contributed by atoms with Gasteiger partial charge in [-0.1, -0.05) is 18.1 Å². The fraction of sp³-hybridized carbons (Fsp3) is 0.667. The molecule has 0 radical (unpaired) electrons. The summed E-state index contributed by atoms with van der Waals surface area (Å²) in [6.45, 7) is 5.10. The van der Waals surface area contributed by atoms with E-state index in [1.165, 1.54) is 37.9 Å². The van der Waals surface area contributed by atoms with Gasteiger partial charge in [0.1, 0.15) is 0 Å². The molecule has 1 aromatic rings. The maximum atomic E-state index is 5.97. The van der Waals surface area contributed by atoms with E-state index >= 15 is 0 Å². The summed E-state index contributed by atoms with van der Waals surface area (Å²) in [5.41, 5.74) is 7.07. The molecule has 7 nitrogen and oxygen atoms in total. The van der Waals surface area contributed by atoms with Gasteiger partial charge in [0.05, 0.1) is 12.4 Å². The average molecular weight is 346 g/mol. The van der Waals surface area contributed by atoms with Gasteiger partial charge >= 0.3 is 0 Å². The number of anilines is 2. The molecule has 2 heterocycles. The number of nitrogens with two attached hydrogens (primary N) is 1. The lowest BCUT2D eigenvalue weighted by atomic mass is 10.0. The number of hydrogen-bond acceptors (Lipinski definition) is 6. The maximum absolute atomic E-state index is 5.97. The number of aryl methyl sites for hydroxylation is 1. The van der Waals surface area contributed by atoms with Crippen molar-refractivity contribution in [3.63, 3.8) is 0 Å². The van der Waals surface area contributed by atoms with Gasteiger partial charge in [0.2, 0.25) is 11.9 Å². The zero-order valence-corrected chi connectivity index (χ0v) is 15.2. The van der Waals surface area contributed by atoms with Crippen LogP contribution in [-0.2, 0) is 11.8 Å². The van der Waals surface area contributed by atoms with Crippen LogP contribution in [-0.4, -0.2) is 52.5 Å². The molecule has 2 aliphatic rings. The van der Waals surface area contributed by atoms with E-state index in [2.05, 4.69) is 32.5 Å². The second-order valence-corrected chi connectivity index (χ2v) is 6.83. The number of ether oxygens (including phenoxy) is 1. The number of nitrogens with one attached hydrogen (secondary N) is 1. The van der Waals surface area contributed by atoms with Crippen molar-refractivity contribution in [3.8, 4) is 0 Å². The summed E-state index contributed by atoms with van der Waals surface area (Å²) < 4.78 is 7.62. The van der Waals surface area contributed by atoms with Crippen LogP contribution in [0.15, 0.2) is 23.5 Å². The largest absolute Gasteiger partial charge is 0.498 e. The Morgan fingerprint density at radius 1 is 1.24 bits per heavy atom. The lowest BCUT2D eigenvalue weighted by Gasteiger charge is -2.28. The van der Waals surface area contributed by atoms with E-state index in [4.69, 9.17) is 10.5 Å². The molecule has 7 heteroatoms. The number of piperidine rings is 1. The van der Waals surface area contributed by atoms with Gasteiger partial charge in [0.15, 0.2) is 0 Å². The highest BCUT2D eigenvalue weighted by molar-refractivity contribution is 5.31. The van der Waals surface area contributed by atoms with Crippen molar-refractivity contribution >= 4 is 11.9 Å². The molecular weight excluding hydrogens is 316 g/mol. The van der Waals surface area contributed by atoms with E-state index in [0.29, 0.717) is 18.5 Å². The van der Waals surface area contributed by atoms with Crippen LogP contribution in [0.5, 0.6) is 0 Å². The number of rotatable bonds is 8. The highest BCUT2D eigenvalue weighted by Gasteiger charge is 2.14. The predicted molar refractivity (Wildman–Crippen MR) is 100 cm³/mol. The number of nitrogen functional groups attached to an aromatic ring is 1. The smallest absolute Gasteiger partial charge is 0.241 e. The lowest BCUT2D eigenvalue weighted by Crippen LogP contribution is -2.31. The molecule has 0 unspecified atom stereocenters. The van der Waals surface area contributed by atoms with E-state index in [9.17, 15) is 0 Å². The van der Waals surface area contributed by atoms with Crippen molar-refractivity contribution in [2.45, 2.75) is 38.5 Å². The topological polar surface area (TPSA) is 81.2 Å². The van der Waals surface area contributed by atoms with Gasteiger partial charge in [-0.25, -0.2) is 4.68 Å². The molecule has 1 aliphatic carbocycles. The molecular formula is C18H30N6O. The molecule has 0 amide bonds. The summed E-state index contributed by atoms with van der Waals surface area (Å²) in [7, 11) is 1.82. The Kier molecular flexibility index (Phi) is 6.33. The minimum Gasteiger partial charge on any atom is -0.498 e. The highest BCUT2D eigenvalue weighted by atomic mass is 16.5. The summed E-state index contributed by atoms with van der Waals surface area (Å²) in [5.74, 6) is 2.11. The second-order valence-electron chi connectivity index (χ2n) is 6.83. The van der Waals surface area contributed by atoms with Crippen molar-refractivity contribution in [2.75, 3.05) is 43.8 Å². The van der Waals surface area contributed by atoms with Gasteiger partial charge in [-0.2, -0.15) is 4.98 Å². The van der Waals surface area contributed by atoms with E-state index in [0.717, 1.165) is 38.1 Å². The number of aromatic nitrogens is 3. The minimum atomic E-state index is 0.293. The van der Waals surface area contributed by atoms with Crippen LogP contribution in [0.3, 0.4) is 0 Å². The van der Waals surface area contributed by atoms with Gasteiger partial charge in [-0.15, -0.1) is 5.10 Å². The number of hydrogen-bond donors (Lipinski definition) is 2. The molecule has 25 heavy (non-hydrogen) atoms. The van der Waals surface area contributed by atoms with Crippen molar-refractivity contribution in [2.24, 2.45) is 7.05 Å². The fourth-order valence-electron chi connectivity index (χ4n) is 3.39. The molecule has 1 saturated heterocycles. The first kappa shape index (κ1) is 17.8. The summed E-state index contributed by atoms with van der Waals surface area (Å²) >= 11 is 0. The molecule has 3 rings (SSSR count). The van der Waals surface area contributed by atoms with E-state index < -0.39 is 0 Å². The predicted octanol–water partition coefficient (Wildman–Crippen LogP) is 2.31. The Labute approximate surface area is 149 Å².